The van der Waals surface area contributed by atoms with Crippen LogP contribution in [0.15, 0.2) is 0 Å². The highest BCUT2D eigenvalue weighted by molar-refractivity contribution is 7.84. The largest absolute Gasteiger partial charge is 0.479 e. The van der Waals surface area contributed by atoms with Crippen LogP contribution in [-0.4, -0.2) is 332 Å². The number of methoxy groups -OCH3 is 2. The number of carboxylic acid groups (broad SMARTS) is 2. The predicted molar refractivity (Wildman–Crippen MR) is 266 cm³/mol. The number of hydrogen-bond acceptors (Lipinski definition) is 38. The van der Waals surface area contributed by atoms with Gasteiger partial charge in [-0.2, -0.15) is 68.4 Å². The third-order valence-electron chi connectivity index (χ3n) is 12.9. The van der Waals surface area contributed by atoms with Gasteiger partial charge < -0.3 is 93.6 Å². The van der Waals surface area contributed by atoms with Gasteiger partial charge in [-0.3, -0.25) is 31.9 Å². The van der Waals surface area contributed by atoms with E-state index in [9.17, 15) is 132 Å². The van der Waals surface area contributed by atoms with Crippen LogP contribution in [0.1, 0.15) is 6.42 Å². The van der Waals surface area contributed by atoms with Gasteiger partial charge in [0.1, 0.15) is 104 Å². The van der Waals surface area contributed by atoms with Gasteiger partial charge in [-0.05, 0) is 13.0 Å². The number of aliphatic carboxylic acids is 2. The van der Waals surface area contributed by atoms with E-state index < -0.39 is 258 Å². The fraction of sp³-hybridized carbons (Fsp3) is 0.941. The molecule has 49 nitrogen and oxygen atoms in total. The summed E-state index contributed by atoms with van der Waals surface area (Å²) in [4.78, 5) is 25.9. The number of hydrogen-bond donors (Lipinski definition) is 17. The van der Waals surface area contributed by atoms with E-state index in [0.717, 1.165) is 14.2 Å². The zero-order valence-corrected chi connectivity index (χ0v) is 50.4. The van der Waals surface area contributed by atoms with Gasteiger partial charge >= 0.3 is 84.5 Å². The highest BCUT2D eigenvalue weighted by Crippen LogP contribution is 2.39. The molecule has 0 radical (unpaired) electrons. The van der Waals surface area contributed by atoms with E-state index in [1.165, 1.54) is 9.44 Å². The van der Waals surface area contributed by atoms with Crippen molar-refractivity contribution in [3.05, 3.63) is 0 Å². The Balaban J connectivity index is 1.60. The Hall–Kier alpha value is -2.65. The maximum Gasteiger partial charge on any atom is 0.397 e. The van der Waals surface area contributed by atoms with Crippen molar-refractivity contribution in [2.24, 2.45) is 5.73 Å². The zero-order valence-electron chi connectivity index (χ0n) is 44.7. The zero-order chi connectivity index (χ0) is 68.4. The second-order valence-electron chi connectivity index (χ2n) is 19.0. The van der Waals surface area contributed by atoms with Crippen LogP contribution >= 0.6 is 0 Å². The van der Waals surface area contributed by atoms with E-state index in [-0.39, 0.29) is 13.0 Å². The van der Waals surface area contributed by atoms with E-state index in [1.807, 2.05) is 0 Å². The van der Waals surface area contributed by atoms with Crippen LogP contribution in [0.5, 0.6) is 0 Å². The average Bonchev–Trinajstić information content (AvgIpc) is 0.803. The molecule has 90 heavy (non-hydrogen) atoms. The van der Waals surface area contributed by atoms with E-state index in [2.05, 4.69) is 16.7 Å². The molecule has 5 saturated heterocycles. The first kappa shape index (κ1) is 78.0. The number of carbonyl (C=O) groups is 2. The molecule has 25 atom stereocenters. The number of carboxylic acids is 2. The predicted octanol–water partition coefficient (Wildman–Crippen LogP) is -12.1. The summed E-state index contributed by atoms with van der Waals surface area (Å²) in [5, 5.41) is 76.8. The normalized spacial score (nSPS) is 38.8. The molecular formula is C34H59N3O46S7. The summed E-state index contributed by atoms with van der Waals surface area (Å²) in [7, 11) is -38.9. The monoisotopic (exact) mass is 1470 g/mol. The summed E-state index contributed by atoms with van der Waals surface area (Å²) in [6.07, 6.45) is -61.6. The maximum atomic E-state index is 13.1. The summed E-state index contributed by atoms with van der Waals surface area (Å²) < 4.78 is 322. The van der Waals surface area contributed by atoms with Crippen molar-refractivity contribution >= 4 is 84.5 Å². The van der Waals surface area contributed by atoms with Gasteiger partial charge in [-0.1, -0.05) is 0 Å². The highest BCUT2D eigenvalue weighted by atomic mass is 32.3. The molecule has 0 unspecified atom stereocenters. The summed E-state index contributed by atoms with van der Waals surface area (Å²) in [6.45, 7) is -4.31. The SMILES string of the molecule is COC[C@H]1O[C@@H](CCN)[C@H](OC)[C@@H](OS(=O)(=O)O)[C@@H]1O[C@@H]1O[C@H](C(=O)O)[C@@H](O[C@@H]2O[C@H](COS(=O)(=O)O)[C@@H](O[C@@H]3O[C@H](C(=O)O)[C@@H](O[C@@H]4O[C@H](COS(=O)(=O)O)[C@@H](O)[C@H](O)[C@H]4NS(=O)(=O)O)[C@H](O)[C@H]3O)[C@H](OS(=O)(=O)O)[C@H]2NS(=O)(=O)O)[C@H](O)[C@H]1OS(=O)(=O)O. The Bertz CT molecular complexity index is 3270. The molecule has 528 valence electrons. The molecule has 5 heterocycles. The lowest BCUT2D eigenvalue weighted by Gasteiger charge is -2.50. The van der Waals surface area contributed by atoms with Crippen molar-refractivity contribution in [2.75, 3.05) is 40.6 Å². The quantitative estimate of drug-likeness (QED) is 0.0287. The Morgan fingerprint density at radius 1 is 0.411 bits per heavy atom. The lowest BCUT2D eigenvalue weighted by Crippen LogP contribution is -2.71. The van der Waals surface area contributed by atoms with Crippen LogP contribution < -0.4 is 15.2 Å². The number of rotatable bonds is 31. The molecule has 56 heteroatoms. The van der Waals surface area contributed by atoms with Crippen LogP contribution in [0.25, 0.3) is 0 Å². The summed E-state index contributed by atoms with van der Waals surface area (Å²) in [5.41, 5.74) is 5.66. The van der Waals surface area contributed by atoms with Gasteiger partial charge in [0.2, 0.25) is 0 Å². The van der Waals surface area contributed by atoms with E-state index in [0.29, 0.717) is 0 Å². The third-order valence-corrected chi connectivity index (χ3v) is 16.3. The van der Waals surface area contributed by atoms with Gasteiger partial charge in [-0.15, -0.1) is 0 Å². The first-order valence-corrected chi connectivity index (χ1v) is 33.9. The Labute approximate surface area is 507 Å². The molecule has 5 aliphatic heterocycles. The van der Waals surface area contributed by atoms with Crippen LogP contribution in [0, 0.1) is 0 Å². The Morgan fingerprint density at radius 3 is 1.29 bits per heavy atom. The third kappa shape index (κ3) is 21.9. The second-order valence-corrected chi connectivity index (χ2v) is 26.7. The smallest absolute Gasteiger partial charge is 0.397 e. The minimum atomic E-state index is -6.30. The molecule has 0 amide bonds. The van der Waals surface area contributed by atoms with Gasteiger partial charge in [0.05, 0.1) is 25.9 Å². The molecule has 0 aromatic rings. The lowest BCUT2D eigenvalue weighted by molar-refractivity contribution is -0.372. The van der Waals surface area contributed by atoms with Crippen molar-refractivity contribution in [1.29, 1.82) is 0 Å². The highest BCUT2D eigenvalue weighted by Gasteiger charge is 2.61. The summed E-state index contributed by atoms with van der Waals surface area (Å²) in [6, 6.07) is -5.72. The van der Waals surface area contributed by atoms with Gasteiger partial charge in [0.25, 0.3) is 0 Å². The van der Waals surface area contributed by atoms with Gasteiger partial charge in [0, 0.05) is 14.2 Å². The standard InChI is InChI=1S/C34H59N3O46S7/c1-68-5-10-21(26(83-90(65,66)67)19(69-2)8(72-10)3-4-35)76-34-25(82-89(62,63)64)18(42)24(28(80-34)30(45)46)78-32-13(37-85(50,51)52)22(81-88(59,60)61)20(11(74-32)7-71-87(56,57)58)75-33-17(41)16(40)23(27(79-33)29(43)44)77-31-12(36-84(47,48)49)15(39)14(38)9(73-31)6-70-86(53,54)55/h8-28,31-34,36-42H,3-7,35H2,1-2H3,(H,43,44)(H,45,46)(H,47,48,49)(H,50,51,52)(H,53,54,55)(H,56,57,58)(H,59,60,61)(H,62,63,64)(H,65,66,67)/t8-,9+,10+,11+,12+,13+,14+,15+,16+,17+,18-,19-,20+,21+,22+,23-,24-,25+,26+,27-,28-,31-,32-,33+,34+/m0/s1. The molecule has 0 aromatic carbocycles. The summed E-state index contributed by atoms with van der Waals surface area (Å²) >= 11 is 0. The summed E-state index contributed by atoms with van der Waals surface area (Å²) in [5.74, 6) is -4.76. The number of nitrogens with two attached hydrogens (primary N) is 1. The second kappa shape index (κ2) is 30.6. The van der Waals surface area contributed by atoms with E-state index in [4.69, 9.17) is 66.6 Å². The molecule has 0 bridgehead atoms. The number of nitrogens with one attached hydrogen (secondary N) is 2. The number of aliphatic hydroxyl groups is 5. The van der Waals surface area contributed by atoms with Crippen molar-refractivity contribution in [2.45, 2.75) is 160 Å². The molecule has 0 saturated carbocycles. The molecule has 5 aliphatic rings. The van der Waals surface area contributed by atoms with E-state index >= 15 is 0 Å². The molecule has 5 rings (SSSR count). The topological polar surface area (TPSA) is 754 Å². The van der Waals surface area contributed by atoms with Crippen molar-refractivity contribution < 1.29 is 209 Å². The van der Waals surface area contributed by atoms with Crippen molar-refractivity contribution in [3.8, 4) is 0 Å². The molecular weight excluding hydrogens is 1410 g/mol. The van der Waals surface area contributed by atoms with Crippen LogP contribution in [0.2, 0.25) is 0 Å². The molecule has 0 spiro atoms. The Morgan fingerprint density at radius 2 is 0.822 bits per heavy atom. The maximum absolute atomic E-state index is 13.1. The average molecular weight is 1470 g/mol. The fourth-order valence-electron chi connectivity index (χ4n) is 9.49. The number of aliphatic hydroxyl groups excluding tert-OH is 5. The van der Waals surface area contributed by atoms with Crippen LogP contribution in [-0.2, 0) is 155 Å². The molecule has 5 fully saturated rings. The first-order valence-electron chi connectivity index (χ1n) is 24.2. The van der Waals surface area contributed by atoms with Crippen molar-refractivity contribution in [3.63, 3.8) is 0 Å². The fourth-order valence-corrected chi connectivity index (χ4v) is 12.8. The molecule has 0 aromatic heterocycles. The van der Waals surface area contributed by atoms with Crippen LogP contribution in [0.4, 0.5) is 0 Å². The molecule has 18 N–H and O–H groups in total. The lowest BCUT2D eigenvalue weighted by atomic mass is 9.92. The van der Waals surface area contributed by atoms with Gasteiger partial charge in [-0.25, -0.2) is 30.5 Å². The van der Waals surface area contributed by atoms with Crippen LogP contribution in [0.3, 0.4) is 0 Å². The minimum Gasteiger partial charge on any atom is -0.479 e. The minimum absolute atomic E-state index is 0.180. The van der Waals surface area contributed by atoms with E-state index in [1.54, 1.807) is 0 Å². The first-order chi connectivity index (χ1) is 41.1. The van der Waals surface area contributed by atoms with Crippen molar-refractivity contribution in [1.82, 2.24) is 9.44 Å². The molecule has 0 aliphatic carbocycles. The Kier molecular flexibility index (Phi) is 26.5. The number of ether oxygens (including phenoxy) is 11. The van der Waals surface area contributed by atoms with Gasteiger partial charge in [0.15, 0.2) is 43.5 Å².